The van der Waals surface area contributed by atoms with E-state index in [0.717, 1.165) is 12.8 Å². The van der Waals surface area contributed by atoms with Crippen LogP contribution in [-0.2, 0) is 16.9 Å². The third kappa shape index (κ3) is 2.45. The predicted molar refractivity (Wildman–Crippen MR) is 66.1 cm³/mol. The van der Waals surface area contributed by atoms with E-state index in [-0.39, 0.29) is 5.54 Å². The number of ether oxygens (including phenoxy) is 1. The molecule has 0 aromatic heterocycles. The smallest absolute Gasteiger partial charge is 0.0713 e. The van der Waals surface area contributed by atoms with Crippen molar-refractivity contribution in [3.05, 3.63) is 35.4 Å². The molecule has 1 fully saturated rings. The molecule has 0 heterocycles. The van der Waals surface area contributed by atoms with Crippen LogP contribution in [0.1, 0.15) is 43.2 Å². The molecule has 88 valence electrons. The Bertz CT molecular complexity index is 342. The Balaban J connectivity index is 2.21. The highest BCUT2D eigenvalue weighted by molar-refractivity contribution is 5.29. The van der Waals surface area contributed by atoms with E-state index < -0.39 is 0 Å². The summed E-state index contributed by atoms with van der Waals surface area (Å²) < 4.78 is 5.16. The summed E-state index contributed by atoms with van der Waals surface area (Å²) in [4.78, 5) is 0. The summed E-state index contributed by atoms with van der Waals surface area (Å²) in [6, 6.07) is 8.55. The molecule has 0 unspecified atom stereocenters. The van der Waals surface area contributed by atoms with Crippen molar-refractivity contribution in [3.63, 3.8) is 0 Å². The molecule has 0 radical (unpaired) electrons. The first kappa shape index (κ1) is 11.6. The molecule has 2 rings (SSSR count). The Labute approximate surface area is 97.8 Å². The average molecular weight is 219 g/mol. The zero-order valence-electron chi connectivity index (χ0n) is 10.0. The summed E-state index contributed by atoms with van der Waals surface area (Å²) in [7, 11) is 1.73. The van der Waals surface area contributed by atoms with E-state index in [0.29, 0.717) is 6.61 Å². The van der Waals surface area contributed by atoms with Crippen molar-refractivity contribution < 1.29 is 4.74 Å². The van der Waals surface area contributed by atoms with Crippen LogP contribution in [0, 0.1) is 0 Å². The van der Waals surface area contributed by atoms with Gasteiger partial charge < -0.3 is 10.5 Å². The van der Waals surface area contributed by atoms with Gasteiger partial charge in [0, 0.05) is 12.6 Å². The molecular formula is C14H21NO. The van der Waals surface area contributed by atoms with E-state index in [1.54, 1.807) is 7.11 Å². The maximum Gasteiger partial charge on any atom is 0.0713 e. The number of benzene rings is 1. The minimum atomic E-state index is -0.0952. The van der Waals surface area contributed by atoms with E-state index in [1.807, 2.05) is 0 Å². The Morgan fingerprint density at radius 1 is 1.25 bits per heavy atom. The monoisotopic (exact) mass is 219 g/mol. The number of rotatable bonds is 3. The maximum atomic E-state index is 6.50. The molecule has 0 bridgehead atoms. The van der Waals surface area contributed by atoms with Gasteiger partial charge in [-0.25, -0.2) is 0 Å². The van der Waals surface area contributed by atoms with Gasteiger partial charge in [-0.15, -0.1) is 0 Å². The lowest BCUT2D eigenvalue weighted by Crippen LogP contribution is -2.38. The third-order valence-corrected chi connectivity index (χ3v) is 3.56. The van der Waals surface area contributed by atoms with E-state index in [9.17, 15) is 0 Å². The lowest BCUT2D eigenvalue weighted by Gasteiger charge is -2.34. The van der Waals surface area contributed by atoms with Crippen LogP contribution in [0.25, 0.3) is 0 Å². The van der Waals surface area contributed by atoms with Gasteiger partial charge in [-0.1, -0.05) is 43.5 Å². The number of hydrogen-bond donors (Lipinski definition) is 1. The van der Waals surface area contributed by atoms with Crippen molar-refractivity contribution in [1.29, 1.82) is 0 Å². The molecule has 1 saturated carbocycles. The minimum Gasteiger partial charge on any atom is -0.380 e. The Morgan fingerprint density at radius 3 is 2.69 bits per heavy atom. The van der Waals surface area contributed by atoms with E-state index in [4.69, 9.17) is 10.5 Å². The second kappa shape index (κ2) is 4.98. The molecule has 0 aliphatic heterocycles. The predicted octanol–water partition coefficient (Wildman–Crippen LogP) is 2.95. The van der Waals surface area contributed by atoms with Gasteiger partial charge in [-0.05, 0) is 24.0 Å². The Hall–Kier alpha value is -0.860. The molecule has 1 aliphatic carbocycles. The van der Waals surface area contributed by atoms with Crippen LogP contribution in [0.2, 0.25) is 0 Å². The maximum absolute atomic E-state index is 6.50. The first-order valence-electron chi connectivity index (χ1n) is 6.12. The van der Waals surface area contributed by atoms with E-state index in [2.05, 4.69) is 24.3 Å². The third-order valence-electron chi connectivity index (χ3n) is 3.56. The van der Waals surface area contributed by atoms with Gasteiger partial charge in [-0.2, -0.15) is 0 Å². The van der Waals surface area contributed by atoms with Crippen LogP contribution in [0.5, 0.6) is 0 Å². The van der Waals surface area contributed by atoms with Crippen LogP contribution in [-0.4, -0.2) is 7.11 Å². The highest BCUT2D eigenvalue weighted by Gasteiger charge is 2.29. The van der Waals surface area contributed by atoms with E-state index >= 15 is 0 Å². The summed E-state index contributed by atoms with van der Waals surface area (Å²) in [5.41, 5.74) is 8.91. The van der Waals surface area contributed by atoms with Crippen molar-refractivity contribution in [2.24, 2.45) is 5.73 Å². The standard InChI is InChI=1S/C14H21NO/c1-16-11-12-6-5-7-13(10-12)14(15)8-3-2-4-9-14/h5-7,10H,2-4,8-9,11,15H2,1H3. The number of nitrogens with two attached hydrogens (primary N) is 1. The average Bonchev–Trinajstić information content (AvgIpc) is 2.31. The van der Waals surface area contributed by atoms with Crippen LogP contribution in [0.4, 0.5) is 0 Å². The molecule has 2 nitrogen and oxygen atoms in total. The second-order valence-corrected chi connectivity index (χ2v) is 4.85. The Morgan fingerprint density at radius 2 is 2.00 bits per heavy atom. The first-order valence-corrected chi connectivity index (χ1v) is 6.12. The number of methoxy groups -OCH3 is 1. The lowest BCUT2D eigenvalue weighted by atomic mass is 9.77. The number of hydrogen-bond acceptors (Lipinski definition) is 2. The van der Waals surface area contributed by atoms with Crippen LogP contribution in [0.3, 0.4) is 0 Å². The molecule has 2 heteroatoms. The summed E-state index contributed by atoms with van der Waals surface area (Å²) in [5, 5.41) is 0. The highest BCUT2D eigenvalue weighted by Crippen LogP contribution is 2.34. The van der Waals surface area contributed by atoms with Gasteiger partial charge in [0.05, 0.1) is 6.61 Å². The zero-order chi connectivity index (χ0) is 11.4. The molecule has 0 atom stereocenters. The summed E-state index contributed by atoms with van der Waals surface area (Å²) in [5.74, 6) is 0. The topological polar surface area (TPSA) is 35.2 Å². The van der Waals surface area contributed by atoms with Crippen molar-refractivity contribution in [2.45, 2.75) is 44.2 Å². The van der Waals surface area contributed by atoms with Crippen molar-refractivity contribution >= 4 is 0 Å². The fourth-order valence-corrected chi connectivity index (χ4v) is 2.61. The summed E-state index contributed by atoms with van der Waals surface area (Å²) >= 11 is 0. The summed E-state index contributed by atoms with van der Waals surface area (Å²) in [6.45, 7) is 0.671. The van der Waals surface area contributed by atoms with E-state index in [1.165, 1.54) is 30.4 Å². The minimum absolute atomic E-state index is 0.0952. The lowest BCUT2D eigenvalue weighted by molar-refractivity contribution is 0.184. The molecular weight excluding hydrogens is 198 g/mol. The molecule has 16 heavy (non-hydrogen) atoms. The van der Waals surface area contributed by atoms with Crippen LogP contribution >= 0.6 is 0 Å². The molecule has 0 spiro atoms. The first-order chi connectivity index (χ1) is 7.74. The quantitative estimate of drug-likeness (QED) is 0.848. The highest BCUT2D eigenvalue weighted by atomic mass is 16.5. The fraction of sp³-hybridized carbons (Fsp3) is 0.571. The molecule has 0 saturated heterocycles. The normalized spacial score (nSPS) is 19.6. The largest absolute Gasteiger partial charge is 0.380 e. The fourth-order valence-electron chi connectivity index (χ4n) is 2.61. The van der Waals surface area contributed by atoms with Gasteiger partial charge in [0.2, 0.25) is 0 Å². The molecule has 2 N–H and O–H groups in total. The molecule has 1 aromatic rings. The molecule has 1 aromatic carbocycles. The molecule has 0 amide bonds. The van der Waals surface area contributed by atoms with Gasteiger partial charge in [0.1, 0.15) is 0 Å². The SMILES string of the molecule is COCc1cccc(C2(N)CCCCC2)c1. The van der Waals surface area contributed by atoms with Gasteiger partial charge in [-0.3, -0.25) is 0 Å². The van der Waals surface area contributed by atoms with Crippen molar-refractivity contribution in [3.8, 4) is 0 Å². The van der Waals surface area contributed by atoms with Gasteiger partial charge in [0.15, 0.2) is 0 Å². The van der Waals surface area contributed by atoms with Crippen LogP contribution in [0.15, 0.2) is 24.3 Å². The zero-order valence-corrected chi connectivity index (χ0v) is 10.0. The Kier molecular flexibility index (Phi) is 3.62. The van der Waals surface area contributed by atoms with Crippen LogP contribution < -0.4 is 5.73 Å². The van der Waals surface area contributed by atoms with Crippen molar-refractivity contribution in [1.82, 2.24) is 0 Å². The second-order valence-electron chi connectivity index (χ2n) is 4.85. The van der Waals surface area contributed by atoms with Gasteiger partial charge >= 0.3 is 0 Å². The summed E-state index contributed by atoms with van der Waals surface area (Å²) in [6.07, 6.45) is 6.07. The molecule has 1 aliphatic rings. The van der Waals surface area contributed by atoms with Crippen molar-refractivity contribution in [2.75, 3.05) is 7.11 Å². The van der Waals surface area contributed by atoms with Gasteiger partial charge in [0.25, 0.3) is 0 Å².